The van der Waals surface area contributed by atoms with Crippen LogP contribution in [0, 0.1) is 13.8 Å². The van der Waals surface area contributed by atoms with Gasteiger partial charge >= 0.3 is 0 Å². The Morgan fingerprint density at radius 1 is 1.25 bits per heavy atom. The number of rotatable bonds is 6. The lowest BCUT2D eigenvalue weighted by atomic mass is 9.99. The number of aryl methyl sites for hydroxylation is 4. The number of nitrogens with zero attached hydrogens (tertiary/aromatic N) is 2. The van der Waals surface area contributed by atoms with Gasteiger partial charge in [0.25, 0.3) is 0 Å². The molecule has 0 aliphatic carbocycles. The van der Waals surface area contributed by atoms with Crippen molar-refractivity contribution in [1.82, 2.24) is 9.78 Å². The first-order valence-corrected chi connectivity index (χ1v) is 7.43. The minimum atomic E-state index is 0.191. The van der Waals surface area contributed by atoms with Gasteiger partial charge < -0.3 is 5.73 Å². The molecule has 2 rings (SSSR count). The van der Waals surface area contributed by atoms with Gasteiger partial charge in [-0.05, 0) is 50.8 Å². The van der Waals surface area contributed by atoms with Crippen LogP contribution in [-0.4, -0.2) is 15.8 Å². The summed E-state index contributed by atoms with van der Waals surface area (Å²) in [6, 6.07) is 10.9. The summed E-state index contributed by atoms with van der Waals surface area (Å²) in [6.45, 7) is 7.23. The quantitative estimate of drug-likeness (QED) is 0.877. The highest BCUT2D eigenvalue weighted by Gasteiger charge is 2.10. The van der Waals surface area contributed by atoms with E-state index in [9.17, 15) is 0 Å². The third-order valence-electron chi connectivity index (χ3n) is 3.80. The molecular formula is C17H25N3. The molecule has 3 nitrogen and oxygen atoms in total. The lowest BCUT2D eigenvalue weighted by molar-refractivity contribution is 0.553. The van der Waals surface area contributed by atoms with Gasteiger partial charge in [0.1, 0.15) is 0 Å². The predicted octanol–water partition coefficient (Wildman–Crippen LogP) is 3.02. The van der Waals surface area contributed by atoms with Crippen molar-refractivity contribution in [3.05, 3.63) is 52.8 Å². The molecule has 0 amide bonds. The van der Waals surface area contributed by atoms with E-state index in [1.807, 2.05) is 6.92 Å². The highest BCUT2D eigenvalue weighted by molar-refractivity contribution is 5.25. The summed E-state index contributed by atoms with van der Waals surface area (Å²) >= 11 is 0. The second kappa shape index (κ2) is 6.71. The lowest BCUT2D eigenvalue weighted by Gasteiger charge is -2.13. The SMILES string of the molecule is CCn1nc(C)cc1CC(N)CCc1ccccc1C. The van der Waals surface area contributed by atoms with Crippen LogP contribution < -0.4 is 5.73 Å². The molecule has 2 N–H and O–H groups in total. The molecule has 0 aliphatic rings. The number of hydrogen-bond acceptors (Lipinski definition) is 2. The van der Waals surface area contributed by atoms with Crippen molar-refractivity contribution in [3.63, 3.8) is 0 Å². The first-order chi connectivity index (χ1) is 9.60. The minimum absolute atomic E-state index is 0.191. The molecule has 1 aromatic heterocycles. The van der Waals surface area contributed by atoms with Gasteiger partial charge in [-0.15, -0.1) is 0 Å². The molecule has 0 bridgehead atoms. The molecule has 0 radical (unpaired) electrons. The van der Waals surface area contributed by atoms with Gasteiger partial charge in [0.05, 0.1) is 5.69 Å². The fourth-order valence-corrected chi connectivity index (χ4v) is 2.64. The first-order valence-electron chi connectivity index (χ1n) is 7.43. The molecule has 1 unspecified atom stereocenters. The Balaban J connectivity index is 1.92. The smallest absolute Gasteiger partial charge is 0.0596 e. The number of aromatic nitrogens is 2. The fourth-order valence-electron chi connectivity index (χ4n) is 2.64. The van der Waals surface area contributed by atoms with Crippen molar-refractivity contribution in [1.29, 1.82) is 0 Å². The molecular weight excluding hydrogens is 246 g/mol. The van der Waals surface area contributed by atoms with Crippen molar-refractivity contribution in [2.24, 2.45) is 5.73 Å². The Morgan fingerprint density at radius 3 is 2.70 bits per heavy atom. The second-order valence-corrected chi connectivity index (χ2v) is 5.52. The lowest BCUT2D eigenvalue weighted by Crippen LogP contribution is -2.25. The average molecular weight is 271 g/mol. The Hall–Kier alpha value is -1.61. The van der Waals surface area contributed by atoms with Crippen molar-refractivity contribution < 1.29 is 0 Å². The van der Waals surface area contributed by atoms with Crippen molar-refractivity contribution in [3.8, 4) is 0 Å². The number of nitrogens with two attached hydrogens (primary N) is 1. The minimum Gasteiger partial charge on any atom is -0.327 e. The van der Waals surface area contributed by atoms with Crippen LogP contribution in [0.1, 0.15) is 35.9 Å². The average Bonchev–Trinajstić information content (AvgIpc) is 2.78. The maximum absolute atomic E-state index is 6.30. The molecule has 0 saturated heterocycles. The van der Waals surface area contributed by atoms with Crippen molar-refractivity contribution in [2.75, 3.05) is 0 Å². The summed E-state index contributed by atoms with van der Waals surface area (Å²) in [5.74, 6) is 0. The zero-order valence-corrected chi connectivity index (χ0v) is 12.8. The standard InChI is InChI=1S/C17H25N3/c1-4-20-17(11-14(3)19-20)12-16(18)10-9-15-8-6-5-7-13(15)2/h5-8,11,16H,4,9-10,12,18H2,1-3H3. The molecule has 20 heavy (non-hydrogen) atoms. The van der Waals surface area contributed by atoms with Crippen LogP contribution >= 0.6 is 0 Å². The molecule has 0 spiro atoms. The molecule has 1 heterocycles. The van der Waals surface area contributed by atoms with E-state index in [2.05, 4.69) is 54.0 Å². The highest BCUT2D eigenvalue weighted by Crippen LogP contribution is 2.13. The number of benzene rings is 1. The van der Waals surface area contributed by atoms with Crippen LogP contribution in [0.5, 0.6) is 0 Å². The summed E-state index contributed by atoms with van der Waals surface area (Å²) < 4.78 is 2.06. The number of hydrogen-bond donors (Lipinski definition) is 1. The Labute approximate surface area is 121 Å². The third-order valence-corrected chi connectivity index (χ3v) is 3.80. The summed E-state index contributed by atoms with van der Waals surface area (Å²) in [5, 5.41) is 4.48. The van der Waals surface area contributed by atoms with Gasteiger partial charge in [-0.25, -0.2) is 0 Å². The first kappa shape index (κ1) is 14.8. The molecule has 1 aromatic carbocycles. The van der Waals surface area contributed by atoms with Gasteiger partial charge in [0.2, 0.25) is 0 Å². The fraction of sp³-hybridized carbons (Fsp3) is 0.471. The molecule has 0 saturated carbocycles. The monoisotopic (exact) mass is 271 g/mol. The van der Waals surface area contributed by atoms with Gasteiger partial charge in [0, 0.05) is 24.7 Å². The van der Waals surface area contributed by atoms with E-state index in [0.29, 0.717) is 0 Å². The molecule has 2 aromatic rings. The zero-order valence-electron chi connectivity index (χ0n) is 12.8. The highest BCUT2D eigenvalue weighted by atomic mass is 15.3. The molecule has 3 heteroatoms. The molecule has 108 valence electrons. The summed E-state index contributed by atoms with van der Waals surface area (Å²) in [6.07, 6.45) is 2.96. The van der Waals surface area contributed by atoms with Gasteiger partial charge in [-0.2, -0.15) is 5.10 Å². The second-order valence-electron chi connectivity index (χ2n) is 5.52. The van der Waals surface area contributed by atoms with E-state index >= 15 is 0 Å². The van der Waals surface area contributed by atoms with E-state index < -0.39 is 0 Å². The van der Waals surface area contributed by atoms with E-state index in [-0.39, 0.29) is 6.04 Å². The van der Waals surface area contributed by atoms with Crippen molar-refractivity contribution >= 4 is 0 Å². The van der Waals surface area contributed by atoms with E-state index in [4.69, 9.17) is 5.73 Å². The molecule has 0 aliphatic heterocycles. The van der Waals surface area contributed by atoms with Crippen LogP contribution in [0.2, 0.25) is 0 Å². The largest absolute Gasteiger partial charge is 0.327 e. The predicted molar refractivity (Wildman–Crippen MR) is 83.8 cm³/mol. The Kier molecular flexibility index (Phi) is 4.96. The van der Waals surface area contributed by atoms with E-state index in [1.165, 1.54) is 16.8 Å². The normalized spacial score (nSPS) is 12.6. The van der Waals surface area contributed by atoms with Crippen LogP contribution in [-0.2, 0) is 19.4 Å². The van der Waals surface area contributed by atoms with Gasteiger partial charge in [-0.1, -0.05) is 24.3 Å². The topological polar surface area (TPSA) is 43.8 Å². The summed E-state index contributed by atoms with van der Waals surface area (Å²) in [7, 11) is 0. The van der Waals surface area contributed by atoms with Crippen LogP contribution in [0.3, 0.4) is 0 Å². The summed E-state index contributed by atoms with van der Waals surface area (Å²) in [5.41, 5.74) is 11.4. The third kappa shape index (κ3) is 3.70. The van der Waals surface area contributed by atoms with E-state index in [0.717, 1.165) is 31.5 Å². The maximum atomic E-state index is 6.30. The zero-order chi connectivity index (χ0) is 14.5. The van der Waals surface area contributed by atoms with Gasteiger partial charge in [-0.3, -0.25) is 4.68 Å². The van der Waals surface area contributed by atoms with Gasteiger partial charge in [0.15, 0.2) is 0 Å². The molecule has 1 atom stereocenters. The summed E-state index contributed by atoms with van der Waals surface area (Å²) in [4.78, 5) is 0. The Morgan fingerprint density at radius 2 is 2.00 bits per heavy atom. The van der Waals surface area contributed by atoms with Crippen LogP contribution in [0.15, 0.2) is 30.3 Å². The maximum Gasteiger partial charge on any atom is 0.0596 e. The van der Waals surface area contributed by atoms with Crippen LogP contribution in [0.4, 0.5) is 0 Å². The Bertz CT molecular complexity index is 557. The van der Waals surface area contributed by atoms with E-state index in [1.54, 1.807) is 0 Å². The van der Waals surface area contributed by atoms with Crippen LogP contribution in [0.25, 0.3) is 0 Å². The van der Waals surface area contributed by atoms with Crippen molar-refractivity contribution in [2.45, 2.75) is 52.6 Å². The molecule has 0 fully saturated rings.